The molecule has 0 bridgehead atoms. The molecule has 0 saturated carbocycles. The second kappa shape index (κ2) is 11.9. The molecule has 0 heterocycles. The van der Waals surface area contributed by atoms with Gasteiger partial charge in [-0.3, -0.25) is 0 Å². The summed E-state index contributed by atoms with van der Waals surface area (Å²) < 4.78 is 10.6. The normalized spacial score (nSPS) is 12.4. The Kier molecular flexibility index (Phi) is 11.8. The van der Waals surface area contributed by atoms with Crippen LogP contribution in [-0.4, -0.2) is 57.6 Å². The Balaban J connectivity index is 4.45. The lowest BCUT2D eigenvalue weighted by atomic mass is 10.5. The Morgan fingerprint density at radius 3 is 1.78 bits per heavy atom. The number of hydrogen-bond donors (Lipinski definition) is 0. The first-order chi connectivity index (χ1) is 8.74. The van der Waals surface area contributed by atoms with Gasteiger partial charge in [-0.2, -0.15) is 0 Å². The maximum atomic E-state index is 5.38. The van der Waals surface area contributed by atoms with Crippen LogP contribution in [0.15, 0.2) is 11.8 Å². The molecule has 108 valence electrons. The number of ether oxygens (including phenoxy) is 1. The lowest BCUT2D eigenvalue weighted by molar-refractivity contribution is 0.152. The molecule has 0 aliphatic carbocycles. The van der Waals surface area contributed by atoms with Gasteiger partial charge in [-0.15, -0.1) is 0 Å². The fourth-order valence-corrected chi connectivity index (χ4v) is 5.06. The standard InChI is InChI=1S/C14H32N2OSi/c1-6-15(7-2)18(16(8-3)9-4)14-12-11-13-17-10-5/h12,14,18H,6-11,13H2,1-5H3. The molecular weight excluding hydrogens is 240 g/mol. The first-order valence-corrected chi connectivity index (χ1v) is 9.17. The Hall–Kier alpha value is -0.163. The van der Waals surface area contributed by atoms with Crippen molar-refractivity contribution in [2.24, 2.45) is 0 Å². The molecule has 0 amide bonds. The molecule has 0 rings (SSSR count). The molecule has 0 saturated heterocycles. The van der Waals surface area contributed by atoms with Crippen LogP contribution in [0.2, 0.25) is 0 Å². The van der Waals surface area contributed by atoms with E-state index in [9.17, 15) is 0 Å². The van der Waals surface area contributed by atoms with Gasteiger partial charge in [0.1, 0.15) is 0 Å². The van der Waals surface area contributed by atoms with Crippen molar-refractivity contribution in [1.29, 1.82) is 0 Å². The zero-order valence-electron chi connectivity index (χ0n) is 13.0. The van der Waals surface area contributed by atoms with Crippen molar-refractivity contribution in [2.45, 2.75) is 41.0 Å². The average Bonchev–Trinajstić information content (AvgIpc) is 2.40. The Morgan fingerprint density at radius 1 is 0.889 bits per heavy atom. The van der Waals surface area contributed by atoms with Gasteiger partial charge in [-0.05, 0) is 39.5 Å². The van der Waals surface area contributed by atoms with Gasteiger partial charge in [-0.25, -0.2) is 0 Å². The minimum Gasteiger partial charge on any atom is -0.381 e. The van der Waals surface area contributed by atoms with Gasteiger partial charge < -0.3 is 13.9 Å². The molecule has 0 radical (unpaired) electrons. The van der Waals surface area contributed by atoms with Crippen molar-refractivity contribution in [3.63, 3.8) is 0 Å². The largest absolute Gasteiger partial charge is 0.381 e. The number of nitrogens with zero attached hydrogens (tertiary/aromatic N) is 2. The number of rotatable bonds is 11. The van der Waals surface area contributed by atoms with Crippen LogP contribution >= 0.6 is 0 Å². The fourth-order valence-electron chi connectivity index (χ4n) is 2.18. The van der Waals surface area contributed by atoms with E-state index in [0.29, 0.717) is 0 Å². The van der Waals surface area contributed by atoms with Crippen LogP contribution in [0.5, 0.6) is 0 Å². The molecule has 0 aromatic carbocycles. The van der Waals surface area contributed by atoms with E-state index in [1.807, 2.05) is 6.92 Å². The minimum absolute atomic E-state index is 0.820. The molecule has 0 spiro atoms. The third-order valence-corrected chi connectivity index (χ3v) is 6.89. The highest BCUT2D eigenvalue weighted by atomic mass is 28.3. The highest BCUT2D eigenvalue weighted by molar-refractivity contribution is 6.58. The first kappa shape index (κ1) is 17.8. The van der Waals surface area contributed by atoms with E-state index in [4.69, 9.17) is 4.74 Å². The SMILES string of the molecule is CCOCCC=C[SiH](N(CC)CC)N(CC)CC. The van der Waals surface area contributed by atoms with E-state index in [1.54, 1.807) is 0 Å². The second-order valence-corrected chi connectivity index (χ2v) is 6.94. The molecule has 0 unspecified atom stereocenters. The Bertz CT molecular complexity index is 192. The smallest absolute Gasteiger partial charge is 0.215 e. The van der Waals surface area contributed by atoms with E-state index >= 15 is 0 Å². The molecule has 0 aliphatic heterocycles. The van der Waals surface area contributed by atoms with E-state index in [-0.39, 0.29) is 0 Å². The van der Waals surface area contributed by atoms with Gasteiger partial charge in [0.2, 0.25) is 9.12 Å². The predicted molar refractivity (Wildman–Crippen MR) is 83.2 cm³/mol. The summed E-state index contributed by atoms with van der Waals surface area (Å²) in [6, 6.07) is 0. The van der Waals surface area contributed by atoms with Crippen LogP contribution in [0.3, 0.4) is 0 Å². The Morgan fingerprint density at radius 2 is 1.39 bits per heavy atom. The van der Waals surface area contributed by atoms with Gasteiger partial charge >= 0.3 is 0 Å². The van der Waals surface area contributed by atoms with Gasteiger partial charge in [0.15, 0.2) is 0 Å². The van der Waals surface area contributed by atoms with Gasteiger partial charge in [0.05, 0.1) is 0 Å². The van der Waals surface area contributed by atoms with Crippen molar-refractivity contribution in [3.05, 3.63) is 11.8 Å². The summed E-state index contributed by atoms with van der Waals surface area (Å²) in [6.45, 7) is 17.4. The molecule has 4 heteroatoms. The van der Waals surface area contributed by atoms with Crippen molar-refractivity contribution >= 4 is 9.12 Å². The van der Waals surface area contributed by atoms with E-state index in [1.165, 1.54) is 0 Å². The topological polar surface area (TPSA) is 15.7 Å². The molecular formula is C14H32N2OSi. The van der Waals surface area contributed by atoms with Crippen LogP contribution in [0.4, 0.5) is 0 Å². The van der Waals surface area contributed by atoms with Crippen LogP contribution < -0.4 is 0 Å². The van der Waals surface area contributed by atoms with Crippen molar-refractivity contribution in [2.75, 3.05) is 39.4 Å². The highest BCUT2D eigenvalue weighted by Gasteiger charge is 2.20. The summed E-state index contributed by atoms with van der Waals surface area (Å²) in [6.07, 6.45) is 3.36. The second-order valence-electron chi connectivity index (χ2n) is 4.27. The average molecular weight is 273 g/mol. The van der Waals surface area contributed by atoms with E-state index < -0.39 is 9.12 Å². The third-order valence-electron chi connectivity index (χ3n) is 3.31. The fraction of sp³-hybridized carbons (Fsp3) is 0.857. The van der Waals surface area contributed by atoms with Gasteiger partial charge in [-0.1, -0.05) is 39.5 Å². The monoisotopic (exact) mass is 272 g/mol. The van der Waals surface area contributed by atoms with Crippen molar-refractivity contribution in [1.82, 2.24) is 9.13 Å². The van der Waals surface area contributed by atoms with Crippen molar-refractivity contribution < 1.29 is 4.74 Å². The number of hydrogen-bond acceptors (Lipinski definition) is 3. The molecule has 0 aromatic rings. The van der Waals surface area contributed by atoms with E-state index in [2.05, 4.69) is 48.6 Å². The Labute approximate surface area is 116 Å². The molecule has 0 aromatic heterocycles. The summed E-state index contributed by atoms with van der Waals surface area (Å²) in [5, 5.41) is 0. The summed E-state index contributed by atoms with van der Waals surface area (Å²) in [7, 11) is -1.08. The predicted octanol–water partition coefficient (Wildman–Crippen LogP) is 2.41. The molecule has 0 aliphatic rings. The molecule has 18 heavy (non-hydrogen) atoms. The quantitative estimate of drug-likeness (QED) is 0.424. The minimum atomic E-state index is -1.08. The maximum absolute atomic E-state index is 5.38. The summed E-state index contributed by atoms with van der Waals surface area (Å²) >= 11 is 0. The van der Waals surface area contributed by atoms with Crippen LogP contribution in [0.25, 0.3) is 0 Å². The maximum Gasteiger partial charge on any atom is 0.215 e. The first-order valence-electron chi connectivity index (χ1n) is 7.47. The molecule has 3 nitrogen and oxygen atoms in total. The molecule has 0 N–H and O–H groups in total. The highest BCUT2D eigenvalue weighted by Crippen LogP contribution is 2.04. The van der Waals surface area contributed by atoms with Crippen LogP contribution in [0.1, 0.15) is 41.0 Å². The van der Waals surface area contributed by atoms with Crippen LogP contribution in [0, 0.1) is 0 Å². The van der Waals surface area contributed by atoms with Crippen molar-refractivity contribution in [3.8, 4) is 0 Å². The van der Waals surface area contributed by atoms with Crippen LogP contribution in [-0.2, 0) is 4.74 Å². The summed E-state index contributed by atoms with van der Waals surface area (Å²) in [5.74, 6) is 0. The summed E-state index contributed by atoms with van der Waals surface area (Å²) in [5.41, 5.74) is 2.47. The zero-order chi connectivity index (χ0) is 13.8. The van der Waals surface area contributed by atoms with Gasteiger partial charge in [0, 0.05) is 13.2 Å². The lowest BCUT2D eigenvalue weighted by Crippen LogP contribution is -2.51. The van der Waals surface area contributed by atoms with E-state index in [0.717, 1.165) is 45.8 Å². The third kappa shape index (κ3) is 6.68. The zero-order valence-corrected chi connectivity index (χ0v) is 14.1. The molecule has 0 fully saturated rings. The summed E-state index contributed by atoms with van der Waals surface area (Å²) in [4.78, 5) is 0. The van der Waals surface area contributed by atoms with Gasteiger partial charge in [0.25, 0.3) is 0 Å². The lowest BCUT2D eigenvalue weighted by Gasteiger charge is -2.34. The molecule has 0 atom stereocenters.